The summed E-state index contributed by atoms with van der Waals surface area (Å²) >= 11 is 0. The first-order valence-electron chi connectivity index (χ1n) is 4.41. The van der Waals surface area contributed by atoms with Crippen LogP contribution in [0.5, 0.6) is 0 Å². The van der Waals surface area contributed by atoms with Crippen molar-refractivity contribution in [1.82, 2.24) is 5.32 Å². The van der Waals surface area contributed by atoms with Gasteiger partial charge in [-0.15, -0.1) is 0 Å². The fourth-order valence-corrected chi connectivity index (χ4v) is 1.62. The summed E-state index contributed by atoms with van der Waals surface area (Å²) in [5, 5.41) is 2.92. The Hall–Kier alpha value is -0.693. The maximum Gasteiger partial charge on any atom is 0.492 e. The number of rotatable bonds is 6. The molecule has 0 bridgehead atoms. The molecule has 0 aliphatic heterocycles. The molecule has 0 saturated carbocycles. The Labute approximate surface area is 84.4 Å². The minimum atomic E-state index is -3.89. The number of hydrogen-bond donors (Lipinski definition) is 4. The van der Waals surface area contributed by atoms with Crippen molar-refractivity contribution >= 4 is 14.6 Å². The van der Waals surface area contributed by atoms with Gasteiger partial charge < -0.3 is 19.7 Å². The van der Waals surface area contributed by atoms with Crippen molar-refractivity contribution in [2.24, 2.45) is 0 Å². The third-order valence-corrected chi connectivity index (χ3v) is 2.54. The van der Waals surface area contributed by atoms with Gasteiger partial charge in [-0.1, -0.05) is 0 Å². The normalized spacial score (nSPS) is 12.8. The van der Waals surface area contributed by atoms with Crippen molar-refractivity contribution in [1.29, 1.82) is 0 Å². The summed E-state index contributed by atoms with van der Waals surface area (Å²) in [5.41, 5.74) is 0.735. The molecule has 0 unspecified atom stereocenters. The SMILES string of the molecule is CC(=O)/C=C(/C)NCCC[Si](O)(O)O. The second kappa shape index (κ2) is 5.92. The van der Waals surface area contributed by atoms with E-state index >= 15 is 0 Å². The zero-order valence-electron chi connectivity index (χ0n) is 8.45. The zero-order chi connectivity index (χ0) is 11.2. The third kappa shape index (κ3) is 9.40. The average molecular weight is 219 g/mol. The first-order chi connectivity index (χ1) is 6.31. The molecule has 0 rings (SSSR count). The highest BCUT2D eigenvalue weighted by molar-refractivity contribution is 6.56. The Morgan fingerprint density at radius 3 is 2.36 bits per heavy atom. The number of ketones is 1. The summed E-state index contributed by atoms with van der Waals surface area (Å²) < 4.78 is 0. The highest BCUT2D eigenvalue weighted by atomic mass is 28.4. The van der Waals surface area contributed by atoms with Gasteiger partial charge in [-0.05, 0) is 26.3 Å². The molecule has 0 amide bonds. The van der Waals surface area contributed by atoms with Crippen LogP contribution in [-0.4, -0.2) is 35.5 Å². The zero-order valence-corrected chi connectivity index (χ0v) is 9.45. The van der Waals surface area contributed by atoms with E-state index in [1.807, 2.05) is 0 Å². The Morgan fingerprint density at radius 1 is 1.36 bits per heavy atom. The van der Waals surface area contributed by atoms with Gasteiger partial charge in [0.15, 0.2) is 5.78 Å². The third-order valence-electron chi connectivity index (χ3n) is 1.51. The van der Waals surface area contributed by atoms with Crippen LogP contribution in [0.2, 0.25) is 6.04 Å². The maximum atomic E-state index is 10.6. The summed E-state index contributed by atoms with van der Waals surface area (Å²) in [7, 11) is -3.89. The highest BCUT2D eigenvalue weighted by Gasteiger charge is 2.25. The van der Waals surface area contributed by atoms with Crippen LogP contribution >= 0.6 is 0 Å². The molecule has 6 heteroatoms. The van der Waals surface area contributed by atoms with Crippen LogP contribution in [0.1, 0.15) is 20.3 Å². The van der Waals surface area contributed by atoms with Gasteiger partial charge in [-0.2, -0.15) is 0 Å². The molecule has 0 aliphatic carbocycles. The number of hydrogen-bond acceptors (Lipinski definition) is 5. The van der Waals surface area contributed by atoms with E-state index in [4.69, 9.17) is 14.4 Å². The van der Waals surface area contributed by atoms with Gasteiger partial charge in [0.25, 0.3) is 0 Å². The van der Waals surface area contributed by atoms with Crippen molar-refractivity contribution in [2.75, 3.05) is 6.54 Å². The Bertz CT molecular complexity index is 222. The number of nitrogens with one attached hydrogen (secondary N) is 1. The minimum Gasteiger partial charge on any atom is -0.390 e. The fraction of sp³-hybridized carbons (Fsp3) is 0.625. The van der Waals surface area contributed by atoms with Crippen molar-refractivity contribution in [3.8, 4) is 0 Å². The van der Waals surface area contributed by atoms with Crippen LogP contribution in [0.3, 0.4) is 0 Å². The second-order valence-electron chi connectivity index (χ2n) is 3.24. The van der Waals surface area contributed by atoms with Crippen LogP contribution in [0.25, 0.3) is 0 Å². The van der Waals surface area contributed by atoms with Crippen molar-refractivity contribution < 1.29 is 19.2 Å². The molecule has 0 fully saturated rings. The number of allylic oxidation sites excluding steroid dienone is 2. The smallest absolute Gasteiger partial charge is 0.390 e. The molecule has 0 radical (unpaired) electrons. The molecule has 14 heavy (non-hydrogen) atoms. The molecular weight excluding hydrogens is 202 g/mol. The van der Waals surface area contributed by atoms with Gasteiger partial charge >= 0.3 is 8.80 Å². The summed E-state index contributed by atoms with van der Waals surface area (Å²) in [6.07, 6.45) is 1.92. The first kappa shape index (κ1) is 13.3. The fourth-order valence-electron chi connectivity index (χ4n) is 0.967. The molecule has 0 saturated heterocycles. The summed E-state index contributed by atoms with van der Waals surface area (Å²) in [6.45, 7) is 3.72. The van der Waals surface area contributed by atoms with Gasteiger partial charge in [-0.25, -0.2) is 0 Å². The predicted octanol–water partition coefficient (Wildman–Crippen LogP) is -0.625. The van der Waals surface area contributed by atoms with E-state index in [0.29, 0.717) is 13.0 Å². The Morgan fingerprint density at radius 2 is 1.93 bits per heavy atom. The Kier molecular flexibility index (Phi) is 5.62. The standard InChI is InChI=1S/C8H17NO4Si/c1-7(6-8(2)10)9-4-3-5-14(11,12)13/h6,9,11-13H,3-5H2,1-2H3/b7-6-. The summed E-state index contributed by atoms with van der Waals surface area (Å²) in [4.78, 5) is 36.7. The first-order valence-corrected chi connectivity index (χ1v) is 6.46. The lowest BCUT2D eigenvalue weighted by Gasteiger charge is -2.10. The van der Waals surface area contributed by atoms with Crippen LogP contribution in [-0.2, 0) is 4.79 Å². The van der Waals surface area contributed by atoms with E-state index < -0.39 is 8.80 Å². The Balaban J connectivity index is 3.60. The van der Waals surface area contributed by atoms with E-state index in [2.05, 4.69) is 5.32 Å². The summed E-state index contributed by atoms with van der Waals surface area (Å²) in [6, 6.07) is 0.00729. The van der Waals surface area contributed by atoms with Crippen molar-refractivity contribution in [2.45, 2.75) is 26.3 Å². The van der Waals surface area contributed by atoms with Gasteiger partial charge in [0.2, 0.25) is 0 Å². The van der Waals surface area contributed by atoms with Crippen molar-refractivity contribution in [3.63, 3.8) is 0 Å². The molecule has 82 valence electrons. The topological polar surface area (TPSA) is 89.8 Å². The number of carbonyl (C=O) groups excluding carboxylic acids is 1. The lowest BCUT2D eigenvalue weighted by Crippen LogP contribution is -2.35. The maximum absolute atomic E-state index is 10.6. The molecule has 0 atom stereocenters. The second-order valence-corrected chi connectivity index (χ2v) is 5.29. The monoisotopic (exact) mass is 219 g/mol. The molecule has 0 aromatic rings. The van der Waals surface area contributed by atoms with E-state index in [1.54, 1.807) is 6.92 Å². The van der Waals surface area contributed by atoms with Gasteiger partial charge in [-0.3, -0.25) is 4.79 Å². The van der Waals surface area contributed by atoms with Crippen LogP contribution in [0.15, 0.2) is 11.8 Å². The van der Waals surface area contributed by atoms with E-state index in [-0.39, 0.29) is 11.8 Å². The molecule has 0 spiro atoms. The quantitative estimate of drug-likeness (QED) is 0.271. The van der Waals surface area contributed by atoms with E-state index in [0.717, 1.165) is 5.70 Å². The van der Waals surface area contributed by atoms with Crippen molar-refractivity contribution in [3.05, 3.63) is 11.8 Å². The molecule has 0 aliphatic rings. The molecule has 0 aromatic carbocycles. The van der Waals surface area contributed by atoms with Gasteiger partial charge in [0, 0.05) is 18.3 Å². The van der Waals surface area contributed by atoms with Crippen LogP contribution in [0, 0.1) is 0 Å². The van der Waals surface area contributed by atoms with Gasteiger partial charge in [0.1, 0.15) is 0 Å². The molecule has 4 N–H and O–H groups in total. The molecule has 0 aromatic heterocycles. The molecular formula is C8H17NO4Si. The van der Waals surface area contributed by atoms with E-state index in [9.17, 15) is 4.79 Å². The minimum absolute atomic E-state index is 0.00729. The lowest BCUT2D eigenvalue weighted by atomic mass is 10.3. The number of carbonyl (C=O) groups is 1. The summed E-state index contributed by atoms with van der Waals surface area (Å²) in [5.74, 6) is -0.0369. The van der Waals surface area contributed by atoms with Crippen LogP contribution < -0.4 is 5.32 Å². The highest BCUT2D eigenvalue weighted by Crippen LogP contribution is 2.00. The predicted molar refractivity (Wildman–Crippen MR) is 54.3 cm³/mol. The lowest BCUT2D eigenvalue weighted by molar-refractivity contribution is -0.112. The largest absolute Gasteiger partial charge is 0.492 e. The molecule has 5 nitrogen and oxygen atoms in total. The van der Waals surface area contributed by atoms with Crippen LogP contribution in [0.4, 0.5) is 0 Å². The molecule has 0 heterocycles. The van der Waals surface area contributed by atoms with E-state index in [1.165, 1.54) is 13.0 Å². The van der Waals surface area contributed by atoms with Gasteiger partial charge in [0.05, 0.1) is 0 Å². The average Bonchev–Trinajstić information content (AvgIpc) is 1.95.